The summed E-state index contributed by atoms with van der Waals surface area (Å²) in [4.78, 5) is 24.2. The van der Waals surface area contributed by atoms with Crippen LogP contribution < -0.4 is 0 Å². The van der Waals surface area contributed by atoms with E-state index in [9.17, 15) is 9.59 Å². The molecule has 2 aromatic rings. The van der Waals surface area contributed by atoms with Gasteiger partial charge in [-0.25, -0.2) is 0 Å². The van der Waals surface area contributed by atoms with Crippen LogP contribution in [0, 0.1) is 11.8 Å². The number of esters is 2. The van der Waals surface area contributed by atoms with Crippen molar-refractivity contribution in [2.45, 2.75) is 0 Å². The van der Waals surface area contributed by atoms with E-state index in [1.54, 1.807) is 0 Å². The Bertz CT molecular complexity index is 832. The first-order valence-corrected chi connectivity index (χ1v) is 7.54. The average molecular weight is 302 g/mol. The van der Waals surface area contributed by atoms with Gasteiger partial charge in [-0.15, -0.1) is 0 Å². The summed E-state index contributed by atoms with van der Waals surface area (Å²) in [7, 11) is 0. The van der Waals surface area contributed by atoms with Crippen LogP contribution in [0.25, 0.3) is 11.1 Å². The van der Waals surface area contributed by atoms with Crippen LogP contribution in [0.3, 0.4) is 0 Å². The van der Waals surface area contributed by atoms with E-state index in [2.05, 4.69) is 0 Å². The van der Waals surface area contributed by atoms with Gasteiger partial charge in [0.1, 0.15) is 0 Å². The van der Waals surface area contributed by atoms with Gasteiger partial charge in [0, 0.05) is 0 Å². The minimum atomic E-state index is -0.544. The van der Waals surface area contributed by atoms with E-state index in [0.29, 0.717) is 0 Å². The smallest absolute Gasteiger partial charge is 0.322 e. The first kappa shape index (κ1) is 13.7. The molecule has 0 amide bonds. The molecule has 2 aromatic carbocycles. The predicted molar refractivity (Wildman–Crippen MR) is 86.9 cm³/mol. The average Bonchev–Trinajstić information content (AvgIpc) is 2.90. The highest BCUT2D eigenvalue weighted by Gasteiger charge is 2.47. The largest absolute Gasteiger partial charge is 0.392 e. The highest BCUT2D eigenvalue weighted by molar-refractivity contribution is 6.08. The molecule has 1 saturated heterocycles. The van der Waals surface area contributed by atoms with Crippen molar-refractivity contribution >= 4 is 23.1 Å². The Morgan fingerprint density at radius 2 is 1.35 bits per heavy atom. The molecule has 0 radical (unpaired) electrons. The molecular weight excluding hydrogens is 288 g/mol. The van der Waals surface area contributed by atoms with Crippen LogP contribution >= 0.6 is 0 Å². The van der Waals surface area contributed by atoms with Crippen molar-refractivity contribution < 1.29 is 14.3 Å². The molecule has 2 atom stereocenters. The van der Waals surface area contributed by atoms with E-state index in [4.69, 9.17) is 4.74 Å². The lowest BCUT2D eigenvalue weighted by atomic mass is 9.77. The molecule has 1 heterocycles. The summed E-state index contributed by atoms with van der Waals surface area (Å²) >= 11 is 0. The molecule has 3 heteroatoms. The lowest BCUT2D eigenvalue weighted by Gasteiger charge is -2.22. The molecule has 23 heavy (non-hydrogen) atoms. The summed E-state index contributed by atoms with van der Waals surface area (Å²) in [5, 5.41) is 0. The van der Waals surface area contributed by atoms with Crippen LogP contribution in [0.1, 0.15) is 11.1 Å². The first-order chi connectivity index (χ1) is 11.2. The van der Waals surface area contributed by atoms with Crippen LogP contribution in [-0.4, -0.2) is 11.9 Å². The molecule has 1 fully saturated rings. The van der Waals surface area contributed by atoms with Crippen LogP contribution in [-0.2, 0) is 14.3 Å². The van der Waals surface area contributed by atoms with E-state index in [1.807, 2.05) is 72.8 Å². The topological polar surface area (TPSA) is 43.4 Å². The second-order valence-corrected chi connectivity index (χ2v) is 5.70. The molecule has 4 rings (SSSR count). The molecule has 2 unspecified atom stereocenters. The lowest BCUT2D eigenvalue weighted by Crippen LogP contribution is -2.21. The number of fused-ring (bicyclic) bond motifs is 1. The van der Waals surface area contributed by atoms with Crippen molar-refractivity contribution in [3.8, 4) is 0 Å². The highest BCUT2D eigenvalue weighted by Crippen LogP contribution is 2.42. The molecule has 0 aromatic heterocycles. The molecule has 1 aliphatic heterocycles. The Labute approximate surface area is 133 Å². The molecular formula is C20H14O3. The van der Waals surface area contributed by atoms with Crippen molar-refractivity contribution in [1.29, 1.82) is 0 Å². The molecule has 0 saturated carbocycles. The summed E-state index contributed by atoms with van der Waals surface area (Å²) < 4.78 is 4.88. The van der Waals surface area contributed by atoms with Gasteiger partial charge >= 0.3 is 11.9 Å². The number of ether oxygens (including phenoxy) is 1. The molecule has 112 valence electrons. The van der Waals surface area contributed by atoms with Gasteiger partial charge in [0.2, 0.25) is 0 Å². The Morgan fingerprint density at radius 1 is 0.739 bits per heavy atom. The fraction of sp³-hybridized carbons (Fsp3) is 0.100. The van der Waals surface area contributed by atoms with Crippen LogP contribution in [0.4, 0.5) is 0 Å². The molecule has 0 bridgehead atoms. The van der Waals surface area contributed by atoms with Crippen LogP contribution in [0.2, 0.25) is 0 Å². The summed E-state index contributed by atoms with van der Waals surface area (Å²) in [5.74, 6) is -2.01. The van der Waals surface area contributed by atoms with Gasteiger partial charge in [0.05, 0.1) is 11.8 Å². The molecule has 1 aliphatic carbocycles. The zero-order valence-corrected chi connectivity index (χ0v) is 12.3. The molecule has 3 nitrogen and oxygen atoms in total. The van der Waals surface area contributed by atoms with E-state index >= 15 is 0 Å². The third kappa shape index (κ3) is 2.30. The first-order valence-electron chi connectivity index (χ1n) is 7.54. The van der Waals surface area contributed by atoms with Crippen molar-refractivity contribution in [3.05, 3.63) is 83.9 Å². The minimum absolute atomic E-state index is 0.460. The summed E-state index contributed by atoms with van der Waals surface area (Å²) in [5.41, 5.74) is 3.74. The van der Waals surface area contributed by atoms with Gasteiger partial charge in [0.15, 0.2) is 0 Å². The number of hydrogen-bond donors (Lipinski definition) is 0. The molecule has 0 spiro atoms. The van der Waals surface area contributed by atoms with Gasteiger partial charge < -0.3 is 4.74 Å². The van der Waals surface area contributed by atoms with Gasteiger partial charge in [-0.05, 0) is 28.3 Å². The normalized spacial score (nSPS) is 23.0. The zero-order chi connectivity index (χ0) is 15.8. The Balaban J connectivity index is 1.87. The monoisotopic (exact) mass is 302 g/mol. The van der Waals surface area contributed by atoms with Crippen molar-refractivity contribution in [1.82, 2.24) is 0 Å². The summed E-state index contributed by atoms with van der Waals surface area (Å²) in [6, 6.07) is 19.5. The SMILES string of the molecule is O=C1OC(=O)C2C(c3ccccc3)=CC(c3ccccc3)=CC12. The number of cyclic esters (lactones) is 2. The fourth-order valence-electron chi connectivity index (χ4n) is 3.20. The number of allylic oxidation sites excluding steroid dienone is 2. The number of carbonyl (C=O) groups excluding carboxylic acids is 2. The summed E-state index contributed by atoms with van der Waals surface area (Å²) in [6.45, 7) is 0. The number of hydrogen-bond acceptors (Lipinski definition) is 3. The highest BCUT2D eigenvalue weighted by atomic mass is 16.6. The van der Waals surface area contributed by atoms with Crippen molar-refractivity contribution in [3.63, 3.8) is 0 Å². The quantitative estimate of drug-likeness (QED) is 0.630. The maximum atomic E-state index is 12.1. The minimum Gasteiger partial charge on any atom is -0.392 e. The van der Waals surface area contributed by atoms with E-state index in [0.717, 1.165) is 22.3 Å². The van der Waals surface area contributed by atoms with E-state index in [-0.39, 0.29) is 0 Å². The standard InChI is InChI=1S/C20H14O3/c21-19-17-12-15(13-7-3-1-4-8-13)11-16(18(17)20(22)23-19)14-9-5-2-6-10-14/h1-12,17-18H. The third-order valence-corrected chi connectivity index (χ3v) is 4.31. The van der Waals surface area contributed by atoms with Gasteiger partial charge in [-0.1, -0.05) is 66.7 Å². The van der Waals surface area contributed by atoms with Gasteiger partial charge in [-0.2, -0.15) is 0 Å². The third-order valence-electron chi connectivity index (χ3n) is 4.31. The van der Waals surface area contributed by atoms with Crippen molar-refractivity contribution in [2.24, 2.45) is 11.8 Å². The lowest BCUT2D eigenvalue weighted by molar-refractivity contribution is -0.153. The van der Waals surface area contributed by atoms with E-state index in [1.165, 1.54) is 0 Å². The molecule has 0 N–H and O–H groups in total. The van der Waals surface area contributed by atoms with E-state index < -0.39 is 23.8 Å². The maximum Gasteiger partial charge on any atom is 0.322 e. The van der Waals surface area contributed by atoms with Gasteiger partial charge in [-0.3, -0.25) is 9.59 Å². The van der Waals surface area contributed by atoms with Crippen LogP contribution in [0.15, 0.2) is 72.8 Å². The molecule has 2 aliphatic rings. The number of carbonyl (C=O) groups is 2. The predicted octanol–water partition coefficient (Wildman–Crippen LogP) is 3.48. The second-order valence-electron chi connectivity index (χ2n) is 5.70. The Hall–Kier alpha value is -2.94. The zero-order valence-electron chi connectivity index (χ0n) is 12.3. The number of benzene rings is 2. The van der Waals surface area contributed by atoms with Gasteiger partial charge in [0.25, 0.3) is 0 Å². The summed E-state index contributed by atoms with van der Waals surface area (Å²) in [6.07, 6.45) is 3.84. The fourth-order valence-corrected chi connectivity index (χ4v) is 3.20. The Kier molecular flexibility index (Phi) is 3.19. The van der Waals surface area contributed by atoms with Crippen LogP contribution in [0.5, 0.6) is 0 Å². The van der Waals surface area contributed by atoms with Crippen molar-refractivity contribution in [2.75, 3.05) is 0 Å². The Morgan fingerprint density at radius 3 is 2.00 bits per heavy atom. The number of rotatable bonds is 2. The maximum absolute atomic E-state index is 12.1. The second kappa shape index (κ2) is 5.36.